The number of nitrogens with zero attached hydrogens (tertiary/aromatic N) is 1. The fraction of sp³-hybridized carbons (Fsp3) is 0.222. The predicted molar refractivity (Wildman–Crippen MR) is 139 cm³/mol. The number of rotatable bonds is 7. The third kappa shape index (κ3) is 5.02. The molecule has 6 heteroatoms. The second kappa shape index (κ2) is 10.1. The average Bonchev–Trinajstić information content (AvgIpc) is 3.26. The molecule has 0 saturated heterocycles. The second-order valence-corrected chi connectivity index (χ2v) is 9.32. The Bertz CT molecular complexity index is 1280. The number of aryl methyl sites for hydroxylation is 2. The highest BCUT2D eigenvalue weighted by molar-refractivity contribution is 7.18. The van der Waals surface area contributed by atoms with E-state index in [1.165, 1.54) is 43.5 Å². The second-order valence-electron chi connectivity index (χ2n) is 8.44. The van der Waals surface area contributed by atoms with E-state index in [0.717, 1.165) is 5.75 Å². The number of amidine groups is 1. The molecule has 0 saturated carbocycles. The summed E-state index contributed by atoms with van der Waals surface area (Å²) in [5, 5.41) is 7.23. The summed E-state index contributed by atoms with van der Waals surface area (Å²) in [7, 11) is 0. The highest BCUT2D eigenvalue weighted by Gasteiger charge is 2.13. The van der Waals surface area contributed by atoms with E-state index >= 15 is 0 Å². The molecule has 3 aromatic carbocycles. The molecule has 0 aliphatic rings. The van der Waals surface area contributed by atoms with E-state index < -0.39 is 0 Å². The Kier molecular flexibility index (Phi) is 6.96. The van der Waals surface area contributed by atoms with Crippen LogP contribution in [-0.2, 0) is 6.61 Å². The van der Waals surface area contributed by atoms with Gasteiger partial charge in [0.1, 0.15) is 18.2 Å². The number of benzene rings is 3. The van der Waals surface area contributed by atoms with E-state index in [2.05, 4.69) is 85.2 Å². The van der Waals surface area contributed by atoms with Crippen LogP contribution in [0.3, 0.4) is 0 Å². The van der Waals surface area contributed by atoms with Gasteiger partial charge in [-0.25, -0.2) is 5.84 Å². The molecule has 5 nitrogen and oxygen atoms in total. The van der Waals surface area contributed by atoms with Crippen molar-refractivity contribution in [3.05, 3.63) is 88.3 Å². The van der Waals surface area contributed by atoms with Crippen molar-refractivity contribution >= 4 is 27.3 Å². The Hall–Kier alpha value is -3.35. The maximum Gasteiger partial charge on any atom is 0.136 e. The Morgan fingerprint density at radius 2 is 1.79 bits per heavy atom. The van der Waals surface area contributed by atoms with Gasteiger partial charge in [-0.05, 0) is 71.2 Å². The quantitative estimate of drug-likeness (QED) is 0.137. The van der Waals surface area contributed by atoms with Gasteiger partial charge in [0.15, 0.2) is 0 Å². The lowest BCUT2D eigenvalue weighted by Gasteiger charge is -2.14. The van der Waals surface area contributed by atoms with Crippen molar-refractivity contribution in [2.75, 3.05) is 0 Å². The molecule has 33 heavy (non-hydrogen) atoms. The van der Waals surface area contributed by atoms with Crippen LogP contribution in [0.5, 0.6) is 5.75 Å². The van der Waals surface area contributed by atoms with Gasteiger partial charge < -0.3 is 16.0 Å². The van der Waals surface area contributed by atoms with Crippen molar-refractivity contribution in [3.63, 3.8) is 0 Å². The van der Waals surface area contributed by atoms with E-state index in [4.69, 9.17) is 16.4 Å². The van der Waals surface area contributed by atoms with Crippen molar-refractivity contribution in [1.29, 1.82) is 0 Å². The van der Waals surface area contributed by atoms with Crippen LogP contribution in [0.1, 0.15) is 41.5 Å². The molecule has 5 N–H and O–H groups in total. The van der Waals surface area contributed by atoms with Gasteiger partial charge in [-0.1, -0.05) is 49.4 Å². The van der Waals surface area contributed by atoms with E-state index in [-0.39, 0.29) is 5.92 Å². The molecule has 1 heterocycles. The number of nitrogens with one attached hydrogen (secondary N) is 1. The summed E-state index contributed by atoms with van der Waals surface area (Å²) in [6.45, 7) is 6.98. The van der Waals surface area contributed by atoms with E-state index in [9.17, 15) is 0 Å². The predicted octanol–water partition coefficient (Wildman–Crippen LogP) is 5.99. The van der Waals surface area contributed by atoms with Gasteiger partial charge in [-0.3, -0.25) is 0 Å². The Balaban J connectivity index is 1.51. The van der Waals surface area contributed by atoms with Crippen molar-refractivity contribution < 1.29 is 4.74 Å². The number of hydrogen-bond acceptors (Lipinski definition) is 5. The Labute approximate surface area is 199 Å². The fourth-order valence-electron chi connectivity index (χ4n) is 4.17. The van der Waals surface area contributed by atoms with Crippen LogP contribution in [0.2, 0.25) is 0 Å². The zero-order valence-corrected chi connectivity index (χ0v) is 20.1. The van der Waals surface area contributed by atoms with Gasteiger partial charge in [0.05, 0.1) is 0 Å². The first-order valence-electron chi connectivity index (χ1n) is 11.0. The zero-order chi connectivity index (χ0) is 23.4. The highest BCUT2D eigenvalue weighted by atomic mass is 32.1. The minimum absolute atomic E-state index is 0.237. The molecule has 0 spiro atoms. The number of nitrogens with two attached hydrogens (primary N) is 2. The summed E-state index contributed by atoms with van der Waals surface area (Å²) >= 11 is 1.81. The van der Waals surface area contributed by atoms with Crippen LogP contribution in [0.4, 0.5) is 0 Å². The molecule has 170 valence electrons. The Morgan fingerprint density at radius 3 is 2.48 bits per heavy atom. The molecular weight excluding hydrogens is 428 g/mol. The van der Waals surface area contributed by atoms with Crippen molar-refractivity contribution in [2.45, 2.75) is 39.7 Å². The summed E-state index contributed by atoms with van der Waals surface area (Å²) < 4.78 is 7.46. The number of hydrazone groups is 1. The lowest BCUT2D eigenvalue weighted by molar-refractivity contribution is 0.306. The van der Waals surface area contributed by atoms with Crippen LogP contribution < -0.4 is 21.8 Å². The van der Waals surface area contributed by atoms with Gasteiger partial charge >= 0.3 is 0 Å². The van der Waals surface area contributed by atoms with Crippen LogP contribution in [0, 0.1) is 13.8 Å². The van der Waals surface area contributed by atoms with Gasteiger partial charge in [0.2, 0.25) is 0 Å². The molecular formula is C27H30N4OS. The largest absolute Gasteiger partial charge is 0.489 e. The molecule has 4 aromatic rings. The number of hydrazine groups is 1. The maximum atomic E-state index is 6.13. The monoisotopic (exact) mass is 458 g/mol. The fourth-order valence-corrected chi connectivity index (χ4v) is 5.20. The molecule has 0 radical (unpaired) electrons. The molecule has 1 aromatic heterocycles. The van der Waals surface area contributed by atoms with Crippen molar-refractivity contribution in [1.82, 2.24) is 5.43 Å². The number of hydrogen-bond donors (Lipinski definition) is 3. The average molecular weight is 459 g/mol. The topological polar surface area (TPSA) is 85.7 Å². The first kappa shape index (κ1) is 22.8. The van der Waals surface area contributed by atoms with Crippen LogP contribution in [0.25, 0.3) is 21.2 Å². The van der Waals surface area contributed by atoms with Gasteiger partial charge in [0, 0.05) is 22.1 Å². The number of thiophene rings is 1. The normalized spacial score (nSPS) is 12.7. The summed E-state index contributed by atoms with van der Waals surface area (Å²) in [5.74, 6) is 12.4. The van der Waals surface area contributed by atoms with Crippen LogP contribution in [0.15, 0.2) is 71.1 Å². The standard InChI is InChI=1S/C27H30N4OS/c1-17-6-4-5-7-23(17)25-16-33-27-19(3)12-20(14-24(25)27)15-32-22-10-8-21(9-11-22)18(2)13-26(30-28)31-29/h4-12,14,16,18H,13,15,28-29H2,1-3H3,(H,30,31). The van der Waals surface area contributed by atoms with Gasteiger partial charge in [-0.15, -0.1) is 11.3 Å². The van der Waals surface area contributed by atoms with Gasteiger partial charge in [0.25, 0.3) is 0 Å². The van der Waals surface area contributed by atoms with Crippen LogP contribution in [-0.4, -0.2) is 5.84 Å². The van der Waals surface area contributed by atoms with Crippen molar-refractivity contribution in [2.24, 2.45) is 16.8 Å². The van der Waals surface area contributed by atoms with E-state index in [1.807, 2.05) is 23.5 Å². The first-order chi connectivity index (χ1) is 16.0. The minimum Gasteiger partial charge on any atom is -0.489 e. The summed E-state index contributed by atoms with van der Waals surface area (Å²) in [6, 6.07) is 21.2. The zero-order valence-electron chi connectivity index (χ0n) is 19.3. The molecule has 0 aliphatic heterocycles. The first-order valence-corrected chi connectivity index (χ1v) is 11.9. The molecule has 0 bridgehead atoms. The molecule has 4 rings (SSSR count). The van der Waals surface area contributed by atoms with Crippen molar-refractivity contribution in [3.8, 4) is 16.9 Å². The molecule has 0 amide bonds. The summed E-state index contributed by atoms with van der Waals surface area (Å²) in [6.07, 6.45) is 0.649. The smallest absolute Gasteiger partial charge is 0.136 e. The highest BCUT2D eigenvalue weighted by Crippen LogP contribution is 2.38. The third-order valence-electron chi connectivity index (χ3n) is 6.03. The Morgan fingerprint density at radius 1 is 1.03 bits per heavy atom. The molecule has 1 unspecified atom stereocenters. The lowest BCUT2D eigenvalue weighted by atomic mass is 9.97. The SMILES string of the molecule is Cc1ccccc1-c1csc2c(C)cc(COc3ccc(C(C)C/C(=N/N)NN)cc3)cc12. The van der Waals surface area contributed by atoms with Crippen LogP contribution >= 0.6 is 11.3 Å². The minimum atomic E-state index is 0.237. The summed E-state index contributed by atoms with van der Waals surface area (Å²) in [5.41, 5.74) is 10.0. The number of ether oxygens (including phenoxy) is 1. The van der Waals surface area contributed by atoms with Gasteiger partial charge in [-0.2, -0.15) is 5.10 Å². The van der Waals surface area contributed by atoms with E-state index in [0.29, 0.717) is 18.9 Å². The van der Waals surface area contributed by atoms with E-state index in [1.54, 1.807) is 0 Å². The third-order valence-corrected chi connectivity index (χ3v) is 7.16. The summed E-state index contributed by atoms with van der Waals surface area (Å²) in [4.78, 5) is 0. The lowest BCUT2D eigenvalue weighted by Crippen LogP contribution is -2.32. The molecule has 0 aliphatic carbocycles. The maximum absolute atomic E-state index is 6.13. The molecule has 1 atom stereocenters. The molecule has 0 fully saturated rings. The number of fused-ring (bicyclic) bond motifs is 1.